The van der Waals surface area contributed by atoms with Crippen LogP contribution in [-0.4, -0.2) is 57.3 Å². The van der Waals surface area contributed by atoms with Crippen LogP contribution >= 0.6 is 0 Å². The highest BCUT2D eigenvalue weighted by Gasteiger charge is 2.20. The molecule has 0 saturated carbocycles. The highest BCUT2D eigenvalue weighted by molar-refractivity contribution is 5.78. The fraction of sp³-hybridized carbons (Fsp3) is 0.520. The summed E-state index contributed by atoms with van der Waals surface area (Å²) in [7, 11) is 0. The molecule has 4 heterocycles. The van der Waals surface area contributed by atoms with Crippen molar-refractivity contribution in [2.24, 2.45) is 0 Å². The Morgan fingerprint density at radius 1 is 1.16 bits per heavy atom. The number of likely N-dealkylation sites (tertiary alicyclic amines) is 1. The zero-order valence-electron chi connectivity index (χ0n) is 20.6. The van der Waals surface area contributed by atoms with E-state index in [9.17, 15) is 0 Å². The first-order valence-electron chi connectivity index (χ1n) is 11.7. The number of pyridine rings is 1. The summed E-state index contributed by atoms with van der Waals surface area (Å²) in [4.78, 5) is 27.5. The van der Waals surface area contributed by atoms with Crippen molar-refractivity contribution in [3.05, 3.63) is 36.3 Å². The van der Waals surface area contributed by atoms with Gasteiger partial charge in [0, 0.05) is 30.0 Å². The second-order valence-electron chi connectivity index (χ2n) is 7.40. The maximum absolute atomic E-state index is 8.00. The first kappa shape index (κ1) is 27.2. The van der Waals surface area contributed by atoms with Crippen LogP contribution in [0, 0.1) is 6.92 Å². The number of hydrogen-bond acceptors (Lipinski definition) is 6. The number of likely N-dealkylation sites (N-methyl/N-ethyl adjacent to an activating group) is 1. The van der Waals surface area contributed by atoms with Gasteiger partial charge in [0.05, 0.1) is 11.9 Å². The molecular weight excluding hydrogens is 400 g/mol. The average molecular weight is 441 g/mol. The Hall–Kier alpha value is -2.80. The summed E-state index contributed by atoms with van der Waals surface area (Å²) >= 11 is 0. The van der Waals surface area contributed by atoms with Gasteiger partial charge in [-0.25, -0.2) is 15.0 Å². The van der Waals surface area contributed by atoms with Gasteiger partial charge >= 0.3 is 0 Å². The summed E-state index contributed by atoms with van der Waals surface area (Å²) in [5.74, 6) is 0.909. The van der Waals surface area contributed by atoms with Crippen molar-refractivity contribution in [2.45, 2.75) is 66.8 Å². The topological polar surface area (TPSA) is 86.8 Å². The van der Waals surface area contributed by atoms with Crippen LogP contribution in [0.25, 0.3) is 22.4 Å². The van der Waals surface area contributed by atoms with Crippen molar-refractivity contribution < 1.29 is 4.79 Å². The standard InChI is InChI=1S/C19H24N6.C3H8.C2H6.CH2O/c1-3-25-10-4-5-14(12-25)23-18-15(7-6-13(2)22-18)17-11-21-19-16(24-17)8-9-20-19;1-3-2;2*1-2/h6-9,11,14H,3-5,10,12H2,1-2H3,(H,20,21)(H,22,23);3H2,1-2H3;1-2H3;1H2. The van der Waals surface area contributed by atoms with Crippen LogP contribution in [0.4, 0.5) is 5.82 Å². The fourth-order valence-electron chi connectivity index (χ4n) is 3.49. The number of rotatable bonds is 4. The summed E-state index contributed by atoms with van der Waals surface area (Å²) in [6, 6.07) is 6.49. The molecule has 0 amide bonds. The lowest BCUT2D eigenvalue weighted by Crippen LogP contribution is -2.42. The minimum atomic E-state index is 0.422. The average Bonchev–Trinajstić information content (AvgIpc) is 3.30. The van der Waals surface area contributed by atoms with Crippen LogP contribution in [0.3, 0.4) is 0 Å². The Labute approximate surface area is 193 Å². The third-order valence-electron chi connectivity index (χ3n) is 4.86. The normalized spacial score (nSPS) is 15.4. The number of carbonyl (C=O) groups is 1. The van der Waals surface area contributed by atoms with Crippen molar-refractivity contribution in [1.82, 2.24) is 24.8 Å². The molecule has 3 aromatic heterocycles. The van der Waals surface area contributed by atoms with E-state index in [0.29, 0.717) is 6.04 Å². The van der Waals surface area contributed by atoms with Crippen molar-refractivity contribution in [2.75, 3.05) is 25.0 Å². The largest absolute Gasteiger partial charge is 0.365 e. The van der Waals surface area contributed by atoms with Crippen LogP contribution in [-0.2, 0) is 4.79 Å². The second-order valence-corrected chi connectivity index (χ2v) is 7.40. The van der Waals surface area contributed by atoms with Crippen LogP contribution < -0.4 is 5.32 Å². The highest BCUT2D eigenvalue weighted by Crippen LogP contribution is 2.27. The molecule has 7 nitrogen and oxygen atoms in total. The molecule has 0 aliphatic carbocycles. The molecular formula is C25H40N6O. The molecule has 0 bridgehead atoms. The second kappa shape index (κ2) is 15.1. The number of hydrogen-bond donors (Lipinski definition) is 2. The molecule has 1 saturated heterocycles. The number of aromatic nitrogens is 4. The SMILES string of the molecule is C=O.CC.CCC.CCN1CCCC(Nc2nc(C)ccc2-c2cnc3[nH]ccc3n2)C1. The lowest BCUT2D eigenvalue weighted by molar-refractivity contribution is -0.0979. The quantitative estimate of drug-likeness (QED) is 0.558. The number of carbonyl (C=O) groups excluding carboxylic acids is 1. The molecule has 1 atom stereocenters. The Balaban J connectivity index is 0.000000662. The van der Waals surface area contributed by atoms with Gasteiger partial charge in [0.2, 0.25) is 0 Å². The minimum Gasteiger partial charge on any atom is -0.365 e. The molecule has 176 valence electrons. The molecule has 1 aliphatic heterocycles. The molecule has 3 aromatic rings. The predicted molar refractivity (Wildman–Crippen MR) is 135 cm³/mol. The Morgan fingerprint density at radius 3 is 2.56 bits per heavy atom. The summed E-state index contributed by atoms with van der Waals surface area (Å²) < 4.78 is 0. The number of anilines is 1. The Morgan fingerprint density at radius 2 is 1.88 bits per heavy atom. The maximum atomic E-state index is 8.00. The van der Waals surface area contributed by atoms with E-state index >= 15 is 0 Å². The molecule has 1 aliphatic rings. The molecule has 32 heavy (non-hydrogen) atoms. The van der Waals surface area contributed by atoms with E-state index in [-0.39, 0.29) is 0 Å². The van der Waals surface area contributed by atoms with Crippen molar-refractivity contribution in [1.29, 1.82) is 0 Å². The van der Waals surface area contributed by atoms with E-state index in [1.807, 2.05) is 52.1 Å². The van der Waals surface area contributed by atoms with E-state index < -0.39 is 0 Å². The number of aromatic amines is 1. The molecule has 1 fully saturated rings. The minimum absolute atomic E-state index is 0.422. The summed E-state index contributed by atoms with van der Waals surface area (Å²) in [5, 5.41) is 3.67. The van der Waals surface area contributed by atoms with Crippen LogP contribution in [0.15, 0.2) is 30.6 Å². The number of H-pyrrole nitrogens is 1. The van der Waals surface area contributed by atoms with Gasteiger partial charge in [-0.1, -0.05) is 41.0 Å². The highest BCUT2D eigenvalue weighted by atomic mass is 16.1. The molecule has 0 radical (unpaired) electrons. The molecule has 0 aromatic carbocycles. The maximum Gasteiger partial charge on any atom is 0.156 e. The van der Waals surface area contributed by atoms with Gasteiger partial charge in [-0.2, -0.15) is 0 Å². The van der Waals surface area contributed by atoms with E-state index in [4.69, 9.17) is 14.8 Å². The third kappa shape index (κ3) is 7.71. The zero-order valence-corrected chi connectivity index (χ0v) is 20.6. The number of piperidine rings is 1. The first-order chi connectivity index (χ1) is 15.6. The first-order valence-corrected chi connectivity index (χ1v) is 11.7. The number of aryl methyl sites for hydroxylation is 1. The summed E-state index contributed by atoms with van der Waals surface area (Å²) in [6.07, 6.45) is 7.33. The zero-order chi connectivity index (χ0) is 23.9. The van der Waals surface area contributed by atoms with Crippen molar-refractivity contribution in [3.8, 4) is 11.3 Å². The van der Waals surface area contributed by atoms with Gasteiger partial charge in [-0.3, -0.25) is 0 Å². The van der Waals surface area contributed by atoms with Gasteiger partial charge in [-0.05, 0) is 51.1 Å². The van der Waals surface area contributed by atoms with Crippen molar-refractivity contribution >= 4 is 23.8 Å². The smallest absolute Gasteiger partial charge is 0.156 e. The van der Waals surface area contributed by atoms with Gasteiger partial charge in [0.15, 0.2) is 5.65 Å². The number of fused-ring (bicyclic) bond motifs is 1. The lowest BCUT2D eigenvalue weighted by atomic mass is 10.0. The van der Waals surface area contributed by atoms with Gasteiger partial charge in [-0.15, -0.1) is 0 Å². The molecule has 1 unspecified atom stereocenters. The lowest BCUT2D eigenvalue weighted by Gasteiger charge is -2.33. The van der Waals surface area contributed by atoms with Crippen LogP contribution in [0.5, 0.6) is 0 Å². The Bertz CT molecular complexity index is 910. The fourth-order valence-corrected chi connectivity index (χ4v) is 3.49. The van der Waals surface area contributed by atoms with E-state index in [2.05, 4.69) is 47.0 Å². The van der Waals surface area contributed by atoms with Gasteiger partial charge in [0.25, 0.3) is 0 Å². The summed E-state index contributed by atoms with van der Waals surface area (Å²) in [5.41, 5.74) is 4.55. The van der Waals surface area contributed by atoms with Crippen LogP contribution in [0.2, 0.25) is 0 Å². The number of nitrogens with one attached hydrogen (secondary N) is 2. The third-order valence-corrected chi connectivity index (χ3v) is 4.86. The molecule has 2 N–H and O–H groups in total. The molecule has 0 spiro atoms. The van der Waals surface area contributed by atoms with Crippen LogP contribution in [0.1, 0.15) is 59.6 Å². The van der Waals surface area contributed by atoms with Gasteiger partial charge in [0.1, 0.15) is 18.1 Å². The van der Waals surface area contributed by atoms with Crippen molar-refractivity contribution in [3.63, 3.8) is 0 Å². The molecule has 7 heteroatoms. The predicted octanol–water partition coefficient (Wildman–Crippen LogP) is 5.48. The van der Waals surface area contributed by atoms with E-state index in [1.54, 1.807) is 0 Å². The summed E-state index contributed by atoms with van der Waals surface area (Å²) in [6.45, 7) is 17.9. The Kier molecular flexibility index (Phi) is 12.8. The number of nitrogens with zero attached hydrogens (tertiary/aromatic N) is 4. The van der Waals surface area contributed by atoms with Gasteiger partial charge < -0.3 is 20.0 Å². The van der Waals surface area contributed by atoms with E-state index in [0.717, 1.165) is 47.0 Å². The molecule has 4 rings (SSSR count). The van der Waals surface area contributed by atoms with E-state index in [1.165, 1.54) is 25.8 Å². The monoisotopic (exact) mass is 440 g/mol.